The molecule has 3 aromatic rings. The van der Waals surface area contributed by atoms with E-state index in [1.54, 1.807) is 19.1 Å². The lowest BCUT2D eigenvalue weighted by molar-refractivity contribution is 0.203. The predicted octanol–water partition coefficient (Wildman–Crippen LogP) is 4.41. The largest absolute Gasteiger partial charge is 0.492 e. The second kappa shape index (κ2) is 8.71. The van der Waals surface area contributed by atoms with Crippen LogP contribution in [-0.4, -0.2) is 43.1 Å². The quantitative estimate of drug-likeness (QED) is 0.530. The van der Waals surface area contributed by atoms with E-state index in [-0.39, 0.29) is 30.2 Å². The minimum atomic E-state index is -3.72. The Bertz CT molecular complexity index is 1150. The Hall–Kier alpha value is -2.48. The van der Waals surface area contributed by atoms with Crippen molar-refractivity contribution in [1.82, 2.24) is 4.31 Å². The molecule has 0 bridgehead atoms. The zero-order valence-electron chi connectivity index (χ0n) is 16.6. The second-order valence-electron chi connectivity index (χ2n) is 7.33. The van der Waals surface area contributed by atoms with Crippen molar-refractivity contribution in [2.24, 2.45) is 0 Å². The van der Waals surface area contributed by atoms with Crippen molar-refractivity contribution < 1.29 is 17.9 Å². The highest BCUT2D eigenvalue weighted by atomic mass is 32.2. The molecule has 0 radical (unpaired) electrons. The van der Waals surface area contributed by atoms with E-state index in [1.807, 2.05) is 60.7 Å². The Labute approximate surface area is 182 Å². The highest BCUT2D eigenvalue weighted by Crippen LogP contribution is 2.30. The minimum Gasteiger partial charge on any atom is -0.492 e. The van der Waals surface area contributed by atoms with Gasteiger partial charge in [-0.05, 0) is 47.3 Å². The van der Waals surface area contributed by atoms with Crippen molar-refractivity contribution in [3.63, 3.8) is 0 Å². The van der Waals surface area contributed by atoms with Crippen molar-refractivity contribution in [3.8, 4) is 5.75 Å². The fourth-order valence-corrected chi connectivity index (χ4v) is 5.61. The summed E-state index contributed by atoms with van der Waals surface area (Å²) in [6, 6.07) is 22.0. The van der Waals surface area contributed by atoms with Gasteiger partial charge in [-0.2, -0.15) is 4.31 Å². The van der Waals surface area contributed by atoms with Gasteiger partial charge in [0.15, 0.2) is 5.05 Å². The number of para-hydroxylation sites is 1. The molecule has 1 aliphatic heterocycles. The monoisotopic (exact) mass is 441 g/mol. The maximum Gasteiger partial charge on any atom is 0.243 e. The summed E-state index contributed by atoms with van der Waals surface area (Å²) in [6.45, 7) is 2.18. The standard InChI is InChI=1S/C23H23NO4S2/c1-17(29)28-22-14-20(16-27-21-9-3-2-4-10-21)24(15-22)30(25,26)23-12-11-18-7-5-6-8-19(18)13-23/h2-13,20,22H,14-16H2,1H3/t20-,22-/m0/s1. The zero-order chi connectivity index (χ0) is 21.1. The van der Waals surface area contributed by atoms with E-state index in [1.165, 1.54) is 4.31 Å². The summed E-state index contributed by atoms with van der Waals surface area (Å²) in [5.41, 5.74) is 0. The molecule has 0 N–H and O–H groups in total. The van der Waals surface area contributed by atoms with Crippen LogP contribution in [0.3, 0.4) is 0 Å². The molecule has 1 saturated heterocycles. The summed E-state index contributed by atoms with van der Waals surface area (Å²) < 4.78 is 40.1. The molecule has 0 saturated carbocycles. The number of ether oxygens (including phenoxy) is 2. The van der Waals surface area contributed by atoms with Gasteiger partial charge in [0.05, 0.1) is 17.5 Å². The van der Waals surface area contributed by atoms with E-state index in [4.69, 9.17) is 21.7 Å². The molecule has 5 nitrogen and oxygen atoms in total. The summed E-state index contributed by atoms with van der Waals surface area (Å²) in [7, 11) is -3.72. The number of hydrogen-bond donors (Lipinski definition) is 0. The molecule has 0 spiro atoms. The maximum absolute atomic E-state index is 13.5. The molecule has 156 valence electrons. The second-order valence-corrected chi connectivity index (χ2v) is 9.79. The van der Waals surface area contributed by atoms with Gasteiger partial charge >= 0.3 is 0 Å². The van der Waals surface area contributed by atoms with Crippen LogP contribution in [0, 0.1) is 0 Å². The van der Waals surface area contributed by atoms with Crippen LogP contribution in [-0.2, 0) is 14.8 Å². The first-order valence-corrected chi connectivity index (χ1v) is 11.6. The van der Waals surface area contributed by atoms with Gasteiger partial charge in [0.25, 0.3) is 0 Å². The lowest BCUT2D eigenvalue weighted by Gasteiger charge is -2.24. The van der Waals surface area contributed by atoms with Crippen LogP contribution >= 0.6 is 12.2 Å². The van der Waals surface area contributed by atoms with Gasteiger partial charge in [0, 0.05) is 13.3 Å². The summed E-state index contributed by atoms with van der Waals surface area (Å²) in [6.07, 6.45) is 0.232. The number of sulfonamides is 1. The molecule has 30 heavy (non-hydrogen) atoms. The van der Waals surface area contributed by atoms with E-state index in [2.05, 4.69) is 0 Å². The fourth-order valence-electron chi connectivity index (χ4n) is 3.78. The molecule has 1 fully saturated rings. The predicted molar refractivity (Wildman–Crippen MR) is 121 cm³/mol. The Kier molecular flexibility index (Phi) is 6.04. The lowest BCUT2D eigenvalue weighted by atomic mass is 10.1. The van der Waals surface area contributed by atoms with Gasteiger partial charge in [0.1, 0.15) is 18.5 Å². The Morgan fingerprint density at radius 1 is 1.03 bits per heavy atom. The van der Waals surface area contributed by atoms with Crippen LogP contribution in [0.15, 0.2) is 77.7 Å². The molecular weight excluding hydrogens is 418 g/mol. The Morgan fingerprint density at radius 2 is 1.73 bits per heavy atom. The molecule has 2 atom stereocenters. The van der Waals surface area contributed by atoms with E-state index >= 15 is 0 Å². The molecule has 0 aromatic heterocycles. The zero-order valence-corrected chi connectivity index (χ0v) is 18.2. The van der Waals surface area contributed by atoms with Gasteiger partial charge in [-0.15, -0.1) is 0 Å². The van der Waals surface area contributed by atoms with Crippen molar-refractivity contribution in [2.75, 3.05) is 13.2 Å². The van der Waals surface area contributed by atoms with E-state index in [9.17, 15) is 8.42 Å². The average Bonchev–Trinajstić information content (AvgIpc) is 3.15. The highest BCUT2D eigenvalue weighted by Gasteiger charge is 2.41. The van der Waals surface area contributed by atoms with Crippen molar-refractivity contribution in [1.29, 1.82) is 0 Å². The van der Waals surface area contributed by atoms with Gasteiger partial charge < -0.3 is 9.47 Å². The number of hydrogen-bond acceptors (Lipinski definition) is 5. The number of thiocarbonyl (C=S) groups is 1. The smallest absolute Gasteiger partial charge is 0.243 e. The summed E-state index contributed by atoms with van der Waals surface area (Å²) in [5, 5.41) is 2.30. The van der Waals surface area contributed by atoms with E-state index < -0.39 is 10.0 Å². The van der Waals surface area contributed by atoms with Gasteiger partial charge in [-0.25, -0.2) is 8.42 Å². The molecule has 0 amide bonds. The first kappa shape index (κ1) is 20.8. The van der Waals surface area contributed by atoms with Crippen molar-refractivity contribution >= 4 is 38.1 Å². The van der Waals surface area contributed by atoms with E-state index in [0.29, 0.717) is 17.2 Å². The molecule has 3 aromatic carbocycles. The molecule has 1 aliphatic rings. The lowest BCUT2D eigenvalue weighted by Crippen LogP contribution is -2.39. The summed E-state index contributed by atoms with van der Waals surface area (Å²) >= 11 is 5.07. The summed E-state index contributed by atoms with van der Waals surface area (Å²) in [5.74, 6) is 0.705. The number of nitrogens with zero attached hydrogens (tertiary/aromatic N) is 1. The minimum absolute atomic E-state index is 0.242. The number of rotatable bonds is 6. The molecule has 0 aliphatic carbocycles. The summed E-state index contributed by atoms with van der Waals surface area (Å²) in [4.78, 5) is 0.269. The van der Waals surface area contributed by atoms with Crippen LogP contribution in [0.4, 0.5) is 0 Å². The Morgan fingerprint density at radius 3 is 2.47 bits per heavy atom. The Balaban J connectivity index is 1.61. The fraction of sp³-hybridized carbons (Fsp3) is 0.261. The van der Waals surface area contributed by atoms with Crippen molar-refractivity contribution in [3.05, 3.63) is 72.8 Å². The molecular formula is C23H23NO4S2. The molecule has 1 heterocycles. The molecule has 4 rings (SSSR count). The first-order chi connectivity index (χ1) is 14.4. The number of fused-ring (bicyclic) bond motifs is 1. The van der Waals surface area contributed by atoms with Crippen molar-refractivity contribution in [2.45, 2.75) is 30.4 Å². The van der Waals surface area contributed by atoms with Gasteiger partial charge in [0.2, 0.25) is 10.0 Å². The van der Waals surface area contributed by atoms with Gasteiger partial charge in [-0.1, -0.05) is 48.5 Å². The van der Waals surface area contributed by atoms with E-state index in [0.717, 1.165) is 10.8 Å². The number of benzene rings is 3. The topological polar surface area (TPSA) is 55.8 Å². The van der Waals surface area contributed by atoms with Crippen LogP contribution in [0.5, 0.6) is 5.75 Å². The highest BCUT2D eigenvalue weighted by molar-refractivity contribution is 7.89. The van der Waals surface area contributed by atoms with Crippen LogP contribution in [0.25, 0.3) is 10.8 Å². The third-order valence-electron chi connectivity index (χ3n) is 5.17. The van der Waals surface area contributed by atoms with Gasteiger partial charge in [-0.3, -0.25) is 0 Å². The normalized spacial score (nSPS) is 19.6. The first-order valence-electron chi connectivity index (χ1n) is 9.79. The van der Waals surface area contributed by atoms with Crippen LogP contribution in [0.1, 0.15) is 13.3 Å². The maximum atomic E-state index is 13.5. The molecule has 0 unspecified atom stereocenters. The van der Waals surface area contributed by atoms with Crippen LogP contribution in [0.2, 0.25) is 0 Å². The third kappa shape index (κ3) is 4.48. The third-order valence-corrected chi connectivity index (χ3v) is 7.18. The van der Waals surface area contributed by atoms with Crippen LogP contribution < -0.4 is 4.74 Å². The molecule has 7 heteroatoms. The average molecular weight is 442 g/mol. The SMILES string of the molecule is CC(=S)O[C@H]1C[C@@H](COc2ccccc2)N(S(=O)(=O)c2ccc3ccccc3c2)C1.